The number of nitrogens with zero attached hydrogens (tertiary/aromatic N) is 1. The molecule has 1 unspecified atom stereocenters. The van der Waals surface area contributed by atoms with Gasteiger partial charge in [0, 0.05) is 11.1 Å². The smallest absolute Gasteiger partial charge is 0.147 e. The summed E-state index contributed by atoms with van der Waals surface area (Å²) in [4.78, 5) is 3.14. The van der Waals surface area contributed by atoms with E-state index in [0.717, 1.165) is 35.9 Å². The maximum Gasteiger partial charge on any atom is 0.147 e. The van der Waals surface area contributed by atoms with Crippen LogP contribution in [0.4, 0.5) is 4.39 Å². The number of ether oxygens (including phenoxy) is 1. The minimum Gasteiger partial charge on any atom is -0.372 e. The van der Waals surface area contributed by atoms with Crippen molar-refractivity contribution in [3.63, 3.8) is 0 Å². The lowest BCUT2D eigenvalue weighted by Crippen LogP contribution is -2.15. The van der Waals surface area contributed by atoms with Gasteiger partial charge < -0.3 is 9.72 Å². The molecule has 0 saturated carbocycles. The standard InChI is InChI=1S/C15H15FN2O/c1-2-3-12-14-10(6-7-19-12)13-9(8-17)4-5-11(16)15(13)18-14/h4-5,12,18H,2-3,6-7H2,1H3. The van der Waals surface area contributed by atoms with E-state index in [-0.39, 0.29) is 11.9 Å². The third kappa shape index (κ3) is 1.82. The van der Waals surface area contributed by atoms with E-state index in [4.69, 9.17) is 4.74 Å². The number of aromatic nitrogens is 1. The fraction of sp³-hybridized carbons (Fsp3) is 0.400. The number of hydrogen-bond donors (Lipinski definition) is 1. The first kappa shape index (κ1) is 12.2. The molecule has 2 heterocycles. The molecule has 3 rings (SSSR count). The third-order valence-corrected chi connectivity index (χ3v) is 3.71. The van der Waals surface area contributed by atoms with Crippen LogP contribution in [0.5, 0.6) is 0 Å². The van der Waals surface area contributed by atoms with Gasteiger partial charge in [0.05, 0.1) is 29.9 Å². The lowest BCUT2D eigenvalue weighted by atomic mass is 9.98. The number of fused-ring (bicyclic) bond motifs is 3. The maximum atomic E-state index is 13.9. The topological polar surface area (TPSA) is 48.8 Å². The van der Waals surface area contributed by atoms with Gasteiger partial charge in [-0.15, -0.1) is 0 Å². The third-order valence-electron chi connectivity index (χ3n) is 3.71. The summed E-state index contributed by atoms with van der Waals surface area (Å²) in [7, 11) is 0. The zero-order valence-electron chi connectivity index (χ0n) is 10.8. The molecule has 1 aliphatic rings. The van der Waals surface area contributed by atoms with Gasteiger partial charge in [-0.25, -0.2) is 4.39 Å². The van der Waals surface area contributed by atoms with E-state index in [2.05, 4.69) is 18.0 Å². The lowest BCUT2D eigenvalue weighted by Gasteiger charge is -2.23. The molecule has 3 nitrogen and oxygen atoms in total. The molecule has 0 amide bonds. The summed E-state index contributed by atoms with van der Waals surface area (Å²) >= 11 is 0. The summed E-state index contributed by atoms with van der Waals surface area (Å²) in [6.45, 7) is 2.73. The normalized spacial score (nSPS) is 18.3. The predicted octanol–water partition coefficient (Wildman–Crippen LogP) is 3.59. The van der Waals surface area contributed by atoms with Crippen molar-refractivity contribution in [1.82, 2.24) is 4.98 Å². The summed E-state index contributed by atoms with van der Waals surface area (Å²) in [6, 6.07) is 5.05. The Hall–Kier alpha value is -1.86. The van der Waals surface area contributed by atoms with E-state index < -0.39 is 0 Å². The molecule has 1 N–H and O–H groups in total. The zero-order valence-corrected chi connectivity index (χ0v) is 10.8. The molecule has 2 aromatic rings. The van der Waals surface area contributed by atoms with Crippen molar-refractivity contribution >= 4 is 10.9 Å². The second-order valence-corrected chi connectivity index (χ2v) is 4.87. The highest BCUT2D eigenvalue weighted by atomic mass is 19.1. The van der Waals surface area contributed by atoms with Crippen LogP contribution in [0.25, 0.3) is 10.9 Å². The predicted molar refractivity (Wildman–Crippen MR) is 70.3 cm³/mol. The Labute approximate surface area is 111 Å². The van der Waals surface area contributed by atoms with Crippen molar-refractivity contribution in [1.29, 1.82) is 5.26 Å². The molecule has 1 atom stereocenters. The monoisotopic (exact) mass is 258 g/mol. The van der Waals surface area contributed by atoms with Crippen molar-refractivity contribution in [2.24, 2.45) is 0 Å². The van der Waals surface area contributed by atoms with Crippen molar-refractivity contribution in [3.05, 3.63) is 34.8 Å². The average Bonchev–Trinajstić information content (AvgIpc) is 2.82. The van der Waals surface area contributed by atoms with Crippen LogP contribution < -0.4 is 0 Å². The molecule has 0 saturated heterocycles. The molecular weight excluding hydrogens is 243 g/mol. The molecule has 19 heavy (non-hydrogen) atoms. The van der Waals surface area contributed by atoms with Gasteiger partial charge in [0.25, 0.3) is 0 Å². The van der Waals surface area contributed by atoms with E-state index >= 15 is 0 Å². The van der Waals surface area contributed by atoms with E-state index in [9.17, 15) is 9.65 Å². The van der Waals surface area contributed by atoms with Crippen LogP contribution in [-0.2, 0) is 11.2 Å². The van der Waals surface area contributed by atoms with Gasteiger partial charge in [-0.2, -0.15) is 5.26 Å². The molecule has 4 heteroatoms. The second-order valence-electron chi connectivity index (χ2n) is 4.87. The van der Waals surface area contributed by atoms with E-state index in [1.54, 1.807) is 6.07 Å². The molecule has 1 aromatic heterocycles. The van der Waals surface area contributed by atoms with Crippen molar-refractivity contribution in [3.8, 4) is 6.07 Å². The Morgan fingerprint density at radius 1 is 1.53 bits per heavy atom. The minimum atomic E-state index is -0.307. The van der Waals surface area contributed by atoms with E-state index in [1.165, 1.54) is 6.07 Å². The first-order valence-electron chi connectivity index (χ1n) is 6.61. The van der Waals surface area contributed by atoms with E-state index in [0.29, 0.717) is 17.7 Å². The number of hydrogen-bond acceptors (Lipinski definition) is 2. The van der Waals surface area contributed by atoms with Gasteiger partial charge in [-0.1, -0.05) is 13.3 Å². The highest BCUT2D eigenvalue weighted by molar-refractivity contribution is 5.90. The van der Waals surface area contributed by atoms with Gasteiger partial charge in [0.2, 0.25) is 0 Å². The van der Waals surface area contributed by atoms with Crippen LogP contribution in [0.3, 0.4) is 0 Å². The molecule has 1 aromatic carbocycles. The van der Waals surface area contributed by atoms with Gasteiger partial charge in [0.1, 0.15) is 5.82 Å². The number of H-pyrrole nitrogens is 1. The molecular formula is C15H15FN2O. The number of aromatic amines is 1. The van der Waals surface area contributed by atoms with E-state index in [1.807, 2.05) is 0 Å². The summed E-state index contributed by atoms with van der Waals surface area (Å²) in [5, 5.41) is 9.94. The fourth-order valence-corrected chi connectivity index (χ4v) is 2.86. The summed E-state index contributed by atoms with van der Waals surface area (Å²) in [6.07, 6.45) is 2.64. The Bertz CT molecular complexity index is 669. The minimum absolute atomic E-state index is 0.00732. The second kappa shape index (κ2) is 4.67. The number of halogens is 1. The van der Waals surface area contributed by atoms with Gasteiger partial charge in [-0.3, -0.25) is 0 Å². The summed E-state index contributed by atoms with van der Waals surface area (Å²) in [5.74, 6) is -0.307. The van der Waals surface area contributed by atoms with Crippen LogP contribution in [0.1, 0.15) is 42.7 Å². The number of benzene rings is 1. The summed E-state index contributed by atoms with van der Waals surface area (Å²) < 4.78 is 19.7. The molecule has 0 aliphatic carbocycles. The molecule has 0 bridgehead atoms. The highest BCUT2D eigenvalue weighted by Crippen LogP contribution is 2.37. The van der Waals surface area contributed by atoms with Crippen molar-refractivity contribution in [2.75, 3.05) is 6.61 Å². The molecule has 0 radical (unpaired) electrons. The molecule has 0 fully saturated rings. The van der Waals surface area contributed by atoms with Gasteiger partial charge >= 0.3 is 0 Å². The first-order valence-corrected chi connectivity index (χ1v) is 6.61. The fourth-order valence-electron chi connectivity index (χ4n) is 2.86. The van der Waals surface area contributed by atoms with Crippen LogP contribution in [0.15, 0.2) is 12.1 Å². The highest BCUT2D eigenvalue weighted by Gasteiger charge is 2.26. The first-order chi connectivity index (χ1) is 9.26. The van der Waals surface area contributed by atoms with Crippen molar-refractivity contribution in [2.45, 2.75) is 32.3 Å². The number of nitrogens with one attached hydrogen (secondary N) is 1. The summed E-state index contributed by atoms with van der Waals surface area (Å²) in [5.41, 5.74) is 2.97. The number of nitriles is 1. The lowest BCUT2D eigenvalue weighted by molar-refractivity contribution is 0.0339. The quantitative estimate of drug-likeness (QED) is 0.894. The van der Waals surface area contributed by atoms with Crippen LogP contribution in [0, 0.1) is 17.1 Å². The Balaban J connectivity index is 2.27. The Morgan fingerprint density at radius 2 is 2.37 bits per heavy atom. The average molecular weight is 258 g/mol. The van der Waals surface area contributed by atoms with Crippen LogP contribution in [-0.4, -0.2) is 11.6 Å². The van der Waals surface area contributed by atoms with Crippen LogP contribution >= 0.6 is 0 Å². The van der Waals surface area contributed by atoms with Crippen LogP contribution in [0.2, 0.25) is 0 Å². The largest absolute Gasteiger partial charge is 0.372 e. The maximum absolute atomic E-state index is 13.9. The Morgan fingerprint density at radius 3 is 3.11 bits per heavy atom. The van der Waals surface area contributed by atoms with Crippen molar-refractivity contribution < 1.29 is 9.13 Å². The van der Waals surface area contributed by atoms with Gasteiger partial charge in [-0.05, 0) is 30.5 Å². The number of rotatable bonds is 2. The molecule has 98 valence electrons. The SMILES string of the molecule is CCCC1OCCc2c1[nH]c1c(F)ccc(C#N)c21. The zero-order chi connectivity index (χ0) is 13.4. The van der Waals surface area contributed by atoms with Gasteiger partial charge in [0.15, 0.2) is 0 Å². The Kier molecular flexibility index (Phi) is 3.00. The molecule has 0 spiro atoms. The molecule has 1 aliphatic heterocycles.